The van der Waals surface area contributed by atoms with Crippen molar-refractivity contribution in [2.24, 2.45) is 0 Å². The molecule has 0 heterocycles. The Morgan fingerprint density at radius 2 is 1.38 bits per heavy atom. The molecule has 0 aliphatic heterocycles. The van der Waals surface area contributed by atoms with Crippen molar-refractivity contribution in [2.45, 2.75) is 95.3 Å². The summed E-state index contributed by atoms with van der Waals surface area (Å²) < 4.78 is 37.8. The second-order valence-corrected chi connectivity index (χ2v) is 9.90. The molecule has 32 heavy (non-hydrogen) atoms. The number of benzene rings is 2. The average Bonchev–Trinajstić information content (AvgIpc) is 2.76. The van der Waals surface area contributed by atoms with Gasteiger partial charge in [-0.25, -0.2) is 0 Å². The molecule has 0 spiro atoms. The fourth-order valence-electron chi connectivity index (χ4n) is 3.84. The number of aromatic hydroxyl groups is 1. The molecule has 0 bridgehead atoms. The number of aryl methyl sites for hydroxylation is 1. The predicted molar refractivity (Wildman–Crippen MR) is 129 cm³/mol. The molecule has 5 nitrogen and oxygen atoms in total. The highest BCUT2D eigenvalue weighted by Crippen LogP contribution is 2.31. The summed E-state index contributed by atoms with van der Waals surface area (Å²) in [5.74, 6) is 1.08. The van der Waals surface area contributed by atoms with E-state index in [-0.39, 0.29) is 10.6 Å². The van der Waals surface area contributed by atoms with Crippen LogP contribution < -0.4 is 4.74 Å². The van der Waals surface area contributed by atoms with E-state index in [0.717, 1.165) is 24.8 Å². The lowest BCUT2D eigenvalue weighted by Gasteiger charge is -2.12. The van der Waals surface area contributed by atoms with Crippen LogP contribution in [-0.2, 0) is 16.5 Å². The molecule has 0 atom stereocenters. The van der Waals surface area contributed by atoms with Crippen molar-refractivity contribution in [1.29, 1.82) is 0 Å². The molecule has 0 fully saturated rings. The Balaban J connectivity index is 1.75. The molecule has 0 aliphatic carbocycles. The molecule has 178 valence electrons. The van der Waals surface area contributed by atoms with E-state index in [4.69, 9.17) is 4.74 Å². The summed E-state index contributed by atoms with van der Waals surface area (Å²) in [5, 5.41) is 9.88. The molecular formula is C26H38O5S. The lowest BCUT2D eigenvalue weighted by atomic mass is 10.0. The number of ether oxygens (including phenoxy) is 1. The van der Waals surface area contributed by atoms with Gasteiger partial charge >= 0.3 is 0 Å². The quantitative estimate of drug-likeness (QED) is 0.197. The average molecular weight is 463 g/mol. The number of hydrogen-bond acceptors (Lipinski definition) is 4. The molecule has 0 saturated heterocycles. The third-order valence-electron chi connectivity index (χ3n) is 5.67. The van der Waals surface area contributed by atoms with Crippen LogP contribution in [0.3, 0.4) is 0 Å². The van der Waals surface area contributed by atoms with Gasteiger partial charge in [-0.1, -0.05) is 83.6 Å². The van der Waals surface area contributed by atoms with Gasteiger partial charge in [-0.05, 0) is 48.7 Å². The van der Waals surface area contributed by atoms with Gasteiger partial charge in [0.15, 0.2) is 0 Å². The molecule has 0 aromatic heterocycles. The molecule has 2 aromatic rings. The molecule has 2 N–H and O–H groups in total. The fraction of sp³-hybridized carbons (Fsp3) is 0.538. The summed E-state index contributed by atoms with van der Waals surface area (Å²) in [6, 6.07) is 10.7. The number of hydrogen-bond donors (Lipinski definition) is 2. The van der Waals surface area contributed by atoms with E-state index < -0.39 is 10.1 Å². The van der Waals surface area contributed by atoms with Gasteiger partial charge in [0.1, 0.15) is 17.2 Å². The Morgan fingerprint density at radius 1 is 0.781 bits per heavy atom. The smallest absolute Gasteiger partial charge is 0.294 e. The first-order valence-corrected chi connectivity index (χ1v) is 13.4. The van der Waals surface area contributed by atoms with Crippen LogP contribution in [0.1, 0.15) is 89.5 Å². The van der Waals surface area contributed by atoms with E-state index in [9.17, 15) is 18.1 Å². The van der Waals surface area contributed by atoms with Gasteiger partial charge in [0.05, 0.1) is 4.90 Å². The van der Waals surface area contributed by atoms with Crippen molar-refractivity contribution in [3.63, 3.8) is 0 Å². The van der Waals surface area contributed by atoms with Crippen molar-refractivity contribution in [3.05, 3.63) is 48.0 Å². The van der Waals surface area contributed by atoms with Gasteiger partial charge in [0.25, 0.3) is 10.1 Å². The Morgan fingerprint density at radius 3 is 1.97 bits per heavy atom. The summed E-state index contributed by atoms with van der Waals surface area (Å²) in [5.41, 5.74) is 0.884. The lowest BCUT2D eigenvalue weighted by molar-refractivity contribution is 0.455. The molecule has 2 aromatic carbocycles. The van der Waals surface area contributed by atoms with Crippen LogP contribution in [0.15, 0.2) is 47.4 Å². The zero-order valence-electron chi connectivity index (χ0n) is 19.3. The van der Waals surface area contributed by atoms with Crippen LogP contribution in [0.5, 0.6) is 17.2 Å². The Hall–Kier alpha value is -2.05. The second-order valence-electron chi connectivity index (χ2n) is 8.48. The number of phenols is 1. The Kier molecular flexibility index (Phi) is 11.6. The summed E-state index contributed by atoms with van der Waals surface area (Å²) >= 11 is 0. The van der Waals surface area contributed by atoms with Crippen molar-refractivity contribution in [2.75, 3.05) is 0 Å². The van der Waals surface area contributed by atoms with Crippen molar-refractivity contribution in [3.8, 4) is 17.2 Å². The number of phenolic OH excluding ortho intramolecular Hbond substituents is 1. The maximum absolute atomic E-state index is 11.4. The normalized spacial score (nSPS) is 11.6. The third-order valence-corrected chi connectivity index (χ3v) is 6.52. The first kappa shape index (κ1) is 26.2. The minimum atomic E-state index is -4.29. The van der Waals surface area contributed by atoms with Gasteiger partial charge in [-0.2, -0.15) is 8.42 Å². The van der Waals surface area contributed by atoms with Crippen molar-refractivity contribution in [1.82, 2.24) is 0 Å². The zero-order valence-corrected chi connectivity index (χ0v) is 20.1. The van der Waals surface area contributed by atoms with Gasteiger partial charge in [0.2, 0.25) is 0 Å². The molecular weight excluding hydrogens is 424 g/mol. The second kappa shape index (κ2) is 14.2. The Bertz CT molecular complexity index is 908. The first-order chi connectivity index (χ1) is 15.4. The minimum Gasteiger partial charge on any atom is -0.508 e. The summed E-state index contributed by atoms with van der Waals surface area (Å²) in [6.45, 7) is 2.25. The largest absolute Gasteiger partial charge is 0.508 e. The summed E-state index contributed by atoms with van der Waals surface area (Å²) in [4.78, 5) is -0.212. The molecule has 0 amide bonds. The van der Waals surface area contributed by atoms with Crippen LogP contribution >= 0.6 is 0 Å². The van der Waals surface area contributed by atoms with Crippen molar-refractivity contribution >= 4 is 10.1 Å². The van der Waals surface area contributed by atoms with E-state index in [1.54, 1.807) is 24.3 Å². The molecule has 0 radical (unpaired) electrons. The lowest BCUT2D eigenvalue weighted by Crippen LogP contribution is -1.98. The van der Waals surface area contributed by atoms with Crippen molar-refractivity contribution < 1.29 is 22.8 Å². The van der Waals surface area contributed by atoms with Gasteiger partial charge in [-0.3, -0.25) is 4.55 Å². The molecule has 0 aliphatic rings. The van der Waals surface area contributed by atoms with Crippen LogP contribution in [0.4, 0.5) is 0 Å². The van der Waals surface area contributed by atoms with E-state index in [1.807, 2.05) is 0 Å². The standard InChI is InChI=1S/C26H38O5S/c1-2-3-4-5-6-7-8-9-10-11-12-13-15-22-20-23(27)18-19-26(22)31-24-16-14-17-25(21-24)32(28,29)30/h14,16-21,27H,2-13,15H2,1H3,(H,28,29,30). The third kappa shape index (κ3) is 10.0. The van der Waals surface area contributed by atoms with E-state index in [0.29, 0.717) is 11.5 Å². The molecule has 6 heteroatoms. The molecule has 2 rings (SSSR count). The summed E-state index contributed by atoms with van der Waals surface area (Å²) in [6.07, 6.45) is 16.2. The van der Waals surface area contributed by atoms with Crippen LogP contribution in [-0.4, -0.2) is 18.1 Å². The SMILES string of the molecule is CCCCCCCCCCCCCCc1cc(O)ccc1Oc1cccc(S(=O)(=O)O)c1. The van der Waals surface area contributed by atoms with Crippen LogP contribution in [0.2, 0.25) is 0 Å². The highest BCUT2D eigenvalue weighted by Gasteiger charge is 2.12. The van der Waals surface area contributed by atoms with Gasteiger partial charge in [-0.15, -0.1) is 0 Å². The van der Waals surface area contributed by atoms with Crippen LogP contribution in [0.25, 0.3) is 0 Å². The van der Waals surface area contributed by atoms with Crippen LogP contribution in [0, 0.1) is 0 Å². The monoisotopic (exact) mass is 462 g/mol. The van der Waals surface area contributed by atoms with E-state index >= 15 is 0 Å². The maximum atomic E-state index is 11.4. The summed E-state index contributed by atoms with van der Waals surface area (Å²) in [7, 11) is -4.29. The van der Waals surface area contributed by atoms with Gasteiger partial charge < -0.3 is 9.84 Å². The maximum Gasteiger partial charge on any atom is 0.294 e. The highest BCUT2D eigenvalue weighted by atomic mass is 32.2. The number of unbranched alkanes of at least 4 members (excludes halogenated alkanes) is 11. The first-order valence-electron chi connectivity index (χ1n) is 12.0. The minimum absolute atomic E-state index is 0.179. The fourth-order valence-corrected chi connectivity index (χ4v) is 4.36. The van der Waals surface area contributed by atoms with E-state index in [2.05, 4.69) is 6.92 Å². The van der Waals surface area contributed by atoms with E-state index in [1.165, 1.54) is 82.4 Å². The Labute approximate surface area is 193 Å². The highest BCUT2D eigenvalue weighted by molar-refractivity contribution is 7.85. The number of rotatable bonds is 16. The topological polar surface area (TPSA) is 83.8 Å². The molecule has 0 unspecified atom stereocenters. The molecule has 0 saturated carbocycles. The van der Waals surface area contributed by atoms with Gasteiger partial charge in [0, 0.05) is 6.07 Å². The predicted octanol–water partition coefficient (Wildman–Crippen LogP) is 7.67. The zero-order chi connectivity index (χ0) is 23.2.